The minimum atomic E-state index is -0.579. The zero-order chi connectivity index (χ0) is 18.2. The van der Waals surface area contributed by atoms with Crippen LogP contribution in [0.5, 0.6) is 0 Å². The second kappa shape index (κ2) is 8.64. The Bertz CT molecular complexity index is 791. The lowest BCUT2D eigenvalue weighted by Crippen LogP contribution is -2.29. The Morgan fingerprint density at radius 3 is 2.68 bits per heavy atom. The number of hydrogen-bond donors (Lipinski definition) is 1. The Balaban J connectivity index is 2.00. The van der Waals surface area contributed by atoms with E-state index in [4.69, 9.17) is 10.00 Å². The van der Waals surface area contributed by atoms with E-state index in [9.17, 15) is 9.59 Å². The summed E-state index contributed by atoms with van der Waals surface area (Å²) in [6.45, 7) is 3.94. The third-order valence-electron chi connectivity index (χ3n) is 3.65. The van der Waals surface area contributed by atoms with Gasteiger partial charge >= 0.3 is 5.97 Å². The number of esters is 1. The highest BCUT2D eigenvalue weighted by Crippen LogP contribution is 2.16. The Labute approximate surface area is 146 Å². The summed E-state index contributed by atoms with van der Waals surface area (Å²) in [5, 5.41) is 15.3. The molecule has 25 heavy (non-hydrogen) atoms. The second-order valence-electron chi connectivity index (χ2n) is 5.52. The summed E-state index contributed by atoms with van der Waals surface area (Å²) in [6, 6.07) is 11.7. The molecule has 1 heterocycles. The number of amides is 1. The predicted octanol–water partition coefficient (Wildman–Crippen LogP) is 1.73. The molecule has 0 radical (unpaired) electrons. The number of aromatic nitrogens is 2. The zero-order valence-corrected chi connectivity index (χ0v) is 14.3. The largest absolute Gasteiger partial charge is 0.452 e. The van der Waals surface area contributed by atoms with Crippen molar-refractivity contribution in [2.75, 3.05) is 13.2 Å². The number of nitriles is 1. The molecule has 1 aromatic heterocycles. The van der Waals surface area contributed by atoms with E-state index in [2.05, 4.69) is 10.4 Å². The van der Waals surface area contributed by atoms with Gasteiger partial charge in [0, 0.05) is 6.54 Å². The van der Waals surface area contributed by atoms with Gasteiger partial charge < -0.3 is 10.1 Å². The molecule has 0 aliphatic carbocycles. The van der Waals surface area contributed by atoms with Crippen LogP contribution in [0.2, 0.25) is 0 Å². The Kier molecular flexibility index (Phi) is 6.29. The molecule has 0 spiro atoms. The Morgan fingerprint density at radius 1 is 1.28 bits per heavy atom. The molecule has 0 bridgehead atoms. The number of carbonyl (C=O) groups excluding carboxylic acids is 2. The molecule has 0 fully saturated rings. The maximum absolute atomic E-state index is 12.3. The van der Waals surface area contributed by atoms with Gasteiger partial charge in [-0.2, -0.15) is 10.4 Å². The monoisotopic (exact) mass is 340 g/mol. The number of ether oxygens (including phenoxy) is 1. The fourth-order valence-corrected chi connectivity index (χ4v) is 2.41. The SMILES string of the molecule is Cc1nn(Cc2ccccc2)c(C)c1C(=O)OCC(=O)NCCC#N. The van der Waals surface area contributed by atoms with Crippen LogP contribution in [0, 0.1) is 25.2 Å². The topological polar surface area (TPSA) is 97.0 Å². The summed E-state index contributed by atoms with van der Waals surface area (Å²) < 4.78 is 6.80. The van der Waals surface area contributed by atoms with E-state index in [-0.39, 0.29) is 19.6 Å². The quantitative estimate of drug-likeness (QED) is 0.611. The number of aryl methyl sites for hydroxylation is 1. The smallest absolute Gasteiger partial charge is 0.342 e. The lowest BCUT2D eigenvalue weighted by Gasteiger charge is -2.07. The van der Waals surface area contributed by atoms with Gasteiger partial charge in [-0.25, -0.2) is 4.79 Å². The van der Waals surface area contributed by atoms with Gasteiger partial charge in [0.05, 0.1) is 30.4 Å². The second-order valence-corrected chi connectivity index (χ2v) is 5.52. The highest BCUT2D eigenvalue weighted by Gasteiger charge is 2.20. The Morgan fingerprint density at radius 2 is 2.00 bits per heavy atom. The van der Waals surface area contributed by atoms with Gasteiger partial charge in [0.15, 0.2) is 6.61 Å². The summed E-state index contributed by atoms with van der Waals surface area (Å²) in [5.41, 5.74) is 2.70. The summed E-state index contributed by atoms with van der Waals surface area (Å²) >= 11 is 0. The first-order valence-electron chi connectivity index (χ1n) is 7.91. The molecule has 0 saturated heterocycles. The number of carbonyl (C=O) groups is 2. The van der Waals surface area contributed by atoms with Crippen molar-refractivity contribution >= 4 is 11.9 Å². The minimum Gasteiger partial charge on any atom is -0.452 e. The van der Waals surface area contributed by atoms with E-state index < -0.39 is 11.9 Å². The number of nitrogens with one attached hydrogen (secondary N) is 1. The van der Waals surface area contributed by atoms with E-state index in [0.29, 0.717) is 23.5 Å². The molecule has 2 rings (SSSR count). The fourth-order valence-electron chi connectivity index (χ4n) is 2.41. The number of hydrogen-bond acceptors (Lipinski definition) is 5. The van der Waals surface area contributed by atoms with Crippen molar-refractivity contribution in [1.82, 2.24) is 15.1 Å². The molecule has 0 aliphatic heterocycles. The molecule has 7 heteroatoms. The van der Waals surface area contributed by atoms with Gasteiger partial charge in [0.1, 0.15) is 5.56 Å². The van der Waals surface area contributed by atoms with Gasteiger partial charge in [0.25, 0.3) is 5.91 Å². The first-order valence-corrected chi connectivity index (χ1v) is 7.91. The molecule has 130 valence electrons. The Hall–Kier alpha value is -3.14. The average Bonchev–Trinajstić information content (AvgIpc) is 2.87. The van der Waals surface area contributed by atoms with E-state index in [1.54, 1.807) is 18.5 Å². The molecular weight excluding hydrogens is 320 g/mol. The van der Waals surface area contributed by atoms with Crippen molar-refractivity contribution in [2.24, 2.45) is 0 Å². The molecule has 1 N–H and O–H groups in total. The summed E-state index contributed by atoms with van der Waals surface area (Å²) in [6.07, 6.45) is 0.212. The third-order valence-corrected chi connectivity index (χ3v) is 3.65. The van der Waals surface area contributed by atoms with E-state index in [1.807, 2.05) is 36.4 Å². The molecular formula is C18H20N4O3. The van der Waals surface area contributed by atoms with Crippen LogP contribution >= 0.6 is 0 Å². The predicted molar refractivity (Wildman–Crippen MR) is 90.8 cm³/mol. The fraction of sp³-hybridized carbons (Fsp3) is 0.333. The summed E-state index contributed by atoms with van der Waals surface area (Å²) in [4.78, 5) is 23.8. The van der Waals surface area contributed by atoms with Gasteiger partial charge in [0.2, 0.25) is 0 Å². The van der Waals surface area contributed by atoms with Crippen molar-refractivity contribution in [2.45, 2.75) is 26.8 Å². The first-order chi connectivity index (χ1) is 12.0. The van der Waals surface area contributed by atoms with Crippen molar-refractivity contribution in [3.63, 3.8) is 0 Å². The molecule has 0 aliphatic rings. The van der Waals surface area contributed by atoms with Crippen molar-refractivity contribution in [3.8, 4) is 6.07 Å². The van der Waals surface area contributed by atoms with Crippen LogP contribution in [0.1, 0.15) is 33.7 Å². The average molecular weight is 340 g/mol. The van der Waals surface area contributed by atoms with E-state index >= 15 is 0 Å². The first kappa shape index (κ1) is 18.2. The van der Waals surface area contributed by atoms with Crippen LogP contribution in [0.25, 0.3) is 0 Å². The van der Waals surface area contributed by atoms with E-state index in [1.165, 1.54) is 0 Å². The van der Waals surface area contributed by atoms with Crippen LogP contribution in [0.4, 0.5) is 0 Å². The maximum atomic E-state index is 12.3. The van der Waals surface area contributed by atoms with Gasteiger partial charge in [-0.05, 0) is 19.4 Å². The number of rotatable bonds is 7. The maximum Gasteiger partial charge on any atom is 0.342 e. The molecule has 0 saturated carbocycles. The number of nitrogens with zero attached hydrogens (tertiary/aromatic N) is 3. The third kappa shape index (κ3) is 4.91. The molecule has 0 unspecified atom stereocenters. The molecule has 7 nitrogen and oxygen atoms in total. The highest BCUT2D eigenvalue weighted by atomic mass is 16.5. The lowest BCUT2D eigenvalue weighted by atomic mass is 10.2. The minimum absolute atomic E-state index is 0.212. The molecule has 1 aromatic carbocycles. The van der Waals surface area contributed by atoms with Crippen LogP contribution in [-0.2, 0) is 16.1 Å². The normalized spacial score (nSPS) is 10.1. The summed E-state index contributed by atoms with van der Waals surface area (Å²) in [5.74, 6) is -1.01. The zero-order valence-electron chi connectivity index (χ0n) is 14.3. The molecule has 0 atom stereocenters. The lowest BCUT2D eigenvalue weighted by molar-refractivity contribution is -0.124. The number of benzene rings is 1. The van der Waals surface area contributed by atoms with E-state index in [0.717, 1.165) is 5.56 Å². The molecule has 1 amide bonds. The highest BCUT2D eigenvalue weighted by molar-refractivity contribution is 5.93. The van der Waals surface area contributed by atoms with Crippen LogP contribution in [0.3, 0.4) is 0 Å². The van der Waals surface area contributed by atoms with Crippen LogP contribution in [0.15, 0.2) is 30.3 Å². The summed E-state index contributed by atoms with van der Waals surface area (Å²) in [7, 11) is 0. The molecule has 2 aromatic rings. The standard InChI is InChI=1S/C18H20N4O3/c1-13-17(18(24)25-12-16(23)20-10-6-9-19)14(2)22(21-13)11-15-7-4-3-5-8-15/h3-5,7-8H,6,10-12H2,1-2H3,(H,20,23). The van der Waals surface area contributed by atoms with Crippen molar-refractivity contribution < 1.29 is 14.3 Å². The van der Waals surface area contributed by atoms with Crippen LogP contribution < -0.4 is 5.32 Å². The van der Waals surface area contributed by atoms with Gasteiger partial charge in [-0.15, -0.1) is 0 Å². The van der Waals surface area contributed by atoms with Crippen molar-refractivity contribution in [1.29, 1.82) is 5.26 Å². The van der Waals surface area contributed by atoms with Crippen LogP contribution in [-0.4, -0.2) is 34.8 Å². The van der Waals surface area contributed by atoms with Gasteiger partial charge in [-0.3, -0.25) is 9.48 Å². The van der Waals surface area contributed by atoms with Crippen molar-refractivity contribution in [3.05, 3.63) is 52.8 Å². The van der Waals surface area contributed by atoms with Gasteiger partial charge in [-0.1, -0.05) is 30.3 Å².